The van der Waals surface area contributed by atoms with E-state index in [1.54, 1.807) is 7.05 Å². The van der Waals surface area contributed by atoms with E-state index in [2.05, 4.69) is 9.97 Å². The minimum atomic E-state index is -0.208. The van der Waals surface area contributed by atoms with Crippen LogP contribution in [0.15, 0.2) is 65.5 Å². The van der Waals surface area contributed by atoms with Crippen LogP contribution < -0.4 is 5.56 Å². The molecule has 0 aliphatic rings. The average molecular weight is 351 g/mol. The zero-order valence-electron chi connectivity index (χ0n) is 13.6. The number of hydrogen-bond acceptors (Lipinski definition) is 3. The van der Waals surface area contributed by atoms with E-state index in [0.29, 0.717) is 23.5 Å². The van der Waals surface area contributed by atoms with Crippen molar-refractivity contribution in [3.05, 3.63) is 81.9 Å². The lowest BCUT2D eigenvalue weighted by molar-refractivity contribution is 0.799. The Bertz CT molecular complexity index is 1100. The highest BCUT2D eigenvalue weighted by Crippen LogP contribution is 2.24. The van der Waals surface area contributed by atoms with Gasteiger partial charge in [0.05, 0.1) is 0 Å². The van der Waals surface area contributed by atoms with Gasteiger partial charge in [0.2, 0.25) is 5.28 Å². The van der Waals surface area contributed by atoms with Crippen molar-refractivity contribution in [3.63, 3.8) is 0 Å². The summed E-state index contributed by atoms with van der Waals surface area (Å²) in [7, 11) is 1.61. The fraction of sp³-hybridized carbons (Fsp3) is 0.105. The van der Waals surface area contributed by atoms with Crippen LogP contribution in [-0.2, 0) is 13.6 Å². The molecular formula is C19H15ClN4O. The van der Waals surface area contributed by atoms with Crippen LogP contribution >= 0.6 is 11.6 Å². The fourth-order valence-corrected chi connectivity index (χ4v) is 3.02. The van der Waals surface area contributed by atoms with Crippen molar-refractivity contribution in [2.45, 2.75) is 6.54 Å². The Morgan fingerprint density at radius 2 is 1.60 bits per heavy atom. The third-order valence-electron chi connectivity index (χ3n) is 4.15. The van der Waals surface area contributed by atoms with Crippen LogP contribution in [0.2, 0.25) is 5.28 Å². The summed E-state index contributed by atoms with van der Waals surface area (Å²) in [6.45, 7) is 0.528. The van der Waals surface area contributed by atoms with Gasteiger partial charge >= 0.3 is 0 Å². The van der Waals surface area contributed by atoms with E-state index in [0.717, 1.165) is 11.1 Å². The second-order valence-electron chi connectivity index (χ2n) is 5.79. The van der Waals surface area contributed by atoms with E-state index in [-0.39, 0.29) is 10.8 Å². The molecule has 25 heavy (non-hydrogen) atoms. The summed E-state index contributed by atoms with van der Waals surface area (Å²) in [4.78, 5) is 21.7. The van der Waals surface area contributed by atoms with Crippen LogP contribution in [0.3, 0.4) is 0 Å². The maximum atomic E-state index is 12.8. The van der Waals surface area contributed by atoms with Gasteiger partial charge in [-0.3, -0.25) is 9.36 Å². The highest BCUT2D eigenvalue weighted by molar-refractivity contribution is 6.28. The first-order chi connectivity index (χ1) is 12.1. The predicted octanol–water partition coefficient (Wildman–Crippen LogP) is 3.50. The van der Waals surface area contributed by atoms with E-state index in [1.165, 1.54) is 4.57 Å². The molecule has 0 aliphatic heterocycles. The van der Waals surface area contributed by atoms with Gasteiger partial charge in [0.25, 0.3) is 5.56 Å². The van der Waals surface area contributed by atoms with Gasteiger partial charge in [-0.1, -0.05) is 60.7 Å². The molecule has 0 saturated carbocycles. The molecule has 0 saturated heterocycles. The SMILES string of the molecule is Cn1c(Cl)nc2nc(-c3ccccc3)n(Cc3ccccc3)c2c1=O. The van der Waals surface area contributed by atoms with E-state index in [1.807, 2.05) is 65.2 Å². The van der Waals surface area contributed by atoms with Crippen LogP contribution in [0.1, 0.15) is 5.56 Å². The molecule has 4 aromatic rings. The molecule has 2 heterocycles. The molecule has 0 unspecified atom stereocenters. The second kappa shape index (κ2) is 6.18. The van der Waals surface area contributed by atoms with Gasteiger partial charge < -0.3 is 4.57 Å². The smallest absolute Gasteiger partial charge is 0.280 e. The molecular weight excluding hydrogens is 336 g/mol. The third-order valence-corrected chi connectivity index (χ3v) is 4.48. The first-order valence-electron chi connectivity index (χ1n) is 7.87. The Labute approximate surface area is 149 Å². The number of rotatable bonds is 3. The molecule has 5 nitrogen and oxygen atoms in total. The van der Waals surface area contributed by atoms with Crippen molar-refractivity contribution in [2.75, 3.05) is 0 Å². The number of hydrogen-bond donors (Lipinski definition) is 0. The highest BCUT2D eigenvalue weighted by Gasteiger charge is 2.19. The van der Waals surface area contributed by atoms with Crippen molar-refractivity contribution >= 4 is 22.8 Å². The summed E-state index contributed by atoms with van der Waals surface area (Å²) in [6, 6.07) is 19.7. The van der Waals surface area contributed by atoms with Crippen molar-refractivity contribution in [1.82, 2.24) is 19.1 Å². The first-order valence-corrected chi connectivity index (χ1v) is 8.25. The van der Waals surface area contributed by atoms with Gasteiger partial charge in [-0.05, 0) is 17.2 Å². The summed E-state index contributed by atoms with van der Waals surface area (Å²) in [5, 5.41) is 0.126. The topological polar surface area (TPSA) is 52.7 Å². The van der Waals surface area contributed by atoms with Crippen molar-refractivity contribution in [3.8, 4) is 11.4 Å². The maximum Gasteiger partial charge on any atom is 0.280 e. The number of nitrogens with zero attached hydrogens (tertiary/aromatic N) is 4. The Morgan fingerprint density at radius 1 is 0.960 bits per heavy atom. The van der Waals surface area contributed by atoms with Crippen molar-refractivity contribution < 1.29 is 0 Å². The van der Waals surface area contributed by atoms with E-state index < -0.39 is 0 Å². The molecule has 0 bridgehead atoms. The predicted molar refractivity (Wildman–Crippen MR) is 98.8 cm³/mol. The Balaban J connectivity index is 2.02. The van der Waals surface area contributed by atoms with Crippen molar-refractivity contribution in [2.24, 2.45) is 7.05 Å². The molecule has 0 amide bonds. The van der Waals surface area contributed by atoms with E-state index >= 15 is 0 Å². The number of halogens is 1. The number of benzene rings is 2. The molecule has 0 N–H and O–H groups in total. The Hall–Kier alpha value is -2.92. The van der Waals surface area contributed by atoms with Gasteiger partial charge in [0.15, 0.2) is 11.2 Å². The van der Waals surface area contributed by atoms with Crippen LogP contribution in [0.4, 0.5) is 0 Å². The van der Waals surface area contributed by atoms with E-state index in [9.17, 15) is 4.79 Å². The molecule has 0 spiro atoms. The van der Waals surface area contributed by atoms with Crippen LogP contribution in [0.5, 0.6) is 0 Å². The summed E-state index contributed by atoms with van der Waals surface area (Å²) in [6.07, 6.45) is 0. The van der Waals surface area contributed by atoms with E-state index in [4.69, 9.17) is 11.6 Å². The average Bonchev–Trinajstić information content (AvgIpc) is 2.99. The zero-order valence-corrected chi connectivity index (χ0v) is 14.3. The van der Waals surface area contributed by atoms with Gasteiger partial charge in [-0.15, -0.1) is 0 Å². The maximum absolute atomic E-state index is 12.8. The molecule has 6 heteroatoms. The van der Waals surface area contributed by atoms with Crippen molar-refractivity contribution in [1.29, 1.82) is 0 Å². The van der Waals surface area contributed by atoms with Gasteiger partial charge in [0, 0.05) is 19.2 Å². The van der Waals surface area contributed by atoms with Gasteiger partial charge in [-0.2, -0.15) is 4.98 Å². The van der Waals surface area contributed by atoms with Crippen LogP contribution in [0.25, 0.3) is 22.6 Å². The van der Waals surface area contributed by atoms with Crippen LogP contribution in [-0.4, -0.2) is 19.1 Å². The number of fused-ring (bicyclic) bond motifs is 1. The molecule has 124 valence electrons. The number of aromatic nitrogens is 4. The Kier molecular flexibility index (Phi) is 3.86. The molecule has 0 aliphatic carbocycles. The third kappa shape index (κ3) is 2.72. The highest BCUT2D eigenvalue weighted by atomic mass is 35.5. The summed E-state index contributed by atoms with van der Waals surface area (Å²) < 4.78 is 3.24. The fourth-order valence-electron chi connectivity index (χ4n) is 2.86. The van der Waals surface area contributed by atoms with Crippen LogP contribution in [0, 0.1) is 0 Å². The molecule has 0 radical (unpaired) electrons. The molecule has 4 rings (SSSR count). The summed E-state index contributed by atoms with van der Waals surface area (Å²) in [5.74, 6) is 0.700. The lowest BCUT2D eigenvalue weighted by Crippen LogP contribution is -2.21. The van der Waals surface area contributed by atoms with Gasteiger partial charge in [0.1, 0.15) is 5.82 Å². The lowest BCUT2D eigenvalue weighted by atomic mass is 10.2. The molecule has 2 aromatic heterocycles. The molecule has 0 fully saturated rings. The van der Waals surface area contributed by atoms with Gasteiger partial charge in [-0.25, -0.2) is 4.98 Å². The normalized spacial score (nSPS) is 11.1. The summed E-state index contributed by atoms with van der Waals surface area (Å²) in [5.41, 5.74) is 2.61. The summed E-state index contributed by atoms with van der Waals surface area (Å²) >= 11 is 6.06. The Morgan fingerprint density at radius 3 is 2.28 bits per heavy atom. The standard InChI is InChI=1S/C19H15ClN4O/c1-23-18(25)15-16(22-19(23)20)21-17(14-10-6-3-7-11-14)24(15)12-13-8-4-2-5-9-13/h2-11H,12H2,1H3. The monoisotopic (exact) mass is 350 g/mol. The largest absolute Gasteiger partial charge is 0.314 e. The zero-order chi connectivity index (χ0) is 17.4. The first kappa shape index (κ1) is 15.6. The molecule has 0 atom stereocenters. The quantitative estimate of drug-likeness (QED) is 0.531. The second-order valence-corrected chi connectivity index (χ2v) is 6.13. The minimum Gasteiger partial charge on any atom is -0.314 e. The lowest BCUT2D eigenvalue weighted by Gasteiger charge is -2.09. The minimum absolute atomic E-state index is 0.126. The molecule has 2 aromatic carbocycles. The number of imidazole rings is 1.